The minimum atomic E-state index is 0.777. The van der Waals surface area contributed by atoms with E-state index in [0.717, 1.165) is 46.0 Å². The summed E-state index contributed by atoms with van der Waals surface area (Å²) < 4.78 is 6.67. The largest absolute Gasteiger partial charge is 0.493 e. The van der Waals surface area contributed by atoms with Crippen LogP contribution in [0.2, 0.25) is 5.02 Å². The van der Waals surface area contributed by atoms with Crippen molar-refractivity contribution in [3.8, 4) is 5.75 Å². The van der Waals surface area contributed by atoms with Gasteiger partial charge in [0, 0.05) is 16.5 Å². The van der Waals surface area contributed by atoms with Gasteiger partial charge in [-0.1, -0.05) is 23.7 Å². The average molecular weight is 400 g/mol. The number of anilines is 1. The van der Waals surface area contributed by atoms with Crippen molar-refractivity contribution >= 4 is 39.9 Å². The Morgan fingerprint density at radius 2 is 2.10 bits per heavy atom. The molecule has 0 unspecified atom stereocenters. The van der Waals surface area contributed by atoms with Crippen LogP contribution in [0.3, 0.4) is 0 Å². The number of benzene rings is 2. The minimum absolute atomic E-state index is 0.777. The number of rotatable bonds is 4. The number of halogens is 2. The maximum absolute atomic E-state index is 6.20. The fourth-order valence-corrected chi connectivity index (χ4v) is 3.29. The molecular weight excluding hydrogens is 385 g/mol. The molecule has 0 fully saturated rings. The maximum atomic E-state index is 6.20. The molecule has 0 aromatic heterocycles. The molecule has 0 radical (unpaired) electrons. The van der Waals surface area contributed by atoms with Crippen molar-refractivity contribution in [3.63, 3.8) is 0 Å². The first kappa shape index (κ1) is 14.0. The van der Waals surface area contributed by atoms with Crippen molar-refractivity contribution in [2.45, 2.75) is 12.8 Å². The Labute approximate surface area is 137 Å². The van der Waals surface area contributed by atoms with E-state index in [1.807, 2.05) is 12.1 Å². The Hall–Kier alpha value is -0.940. The van der Waals surface area contributed by atoms with Crippen molar-refractivity contribution in [1.29, 1.82) is 0 Å². The van der Waals surface area contributed by atoms with Crippen LogP contribution < -0.4 is 10.1 Å². The molecular formula is C16H15ClINO. The molecule has 0 spiro atoms. The highest BCUT2D eigenvalue weighted by Gasteiger charge is 2.11. The monoisotopic (exact) mass is 399 g/mol. The zero-order chi connectivity index (χ0) is 13.9. The zero-order valence-electron chi connectivity index (χ0n) is 11.0. The van der Waals surface area contributed by atoms with Gasteiger partial charge in [-0.15, -0.1) is 0 Å². The summed E-state index contributed by atoms with van der Waals surface area (Å²) in [5.74, 6) is 1.04. The topological polar surface area (TPSA) is 21.3 Å². The van der Waals surface area contributed by atoms with Crippen LogP contribution in [0, 0.1) is 3.57 Å². The highest BCUT2D eigenvalue weighted by Crippen LogP contribution is 2.26. The first-order valence-corrected chi connectivity index (χ1v) is 8.11. The summed E-state index contributed by atoms with van der Waals surface area (Å²) in [6.45, 7) is 1.69. The van der Waals surface area contributed by atoms with Crippen molar-refractivity contribution in [2.24, 2.45) is 0 Å². The molecule has 4 heteroatoms. The van der Waals surface area contributed by atoms with E-state index >= 15 is 0 Å². The maximum Gasteiger partial charge on any atom is 0.122 e. The number of hydrogen-bond acceptors (Lipinski definition) is 2. The molecule has 104 valence electrons. The average Bonchev–Trinajstić information content (AvgIpc) is 2.89. The van der Waals surface area contributed by atoms with Crippen molar-refractivity contribution < 1.29 is 4.74 Å². The molecule has 0 aliphatic carbocycles. The molecule has 2 aromatic rings. The summed E-state index contributed by atoms with van der Waals surface area (Å²) in [4.78, 5) is 0. The van der Waals surface area contributed by atoms with Gasteiger partial charge in [0.2, 0.25) is 0 Å². The van der Waals surface area contributed by atoms with Crippen LogP contribution in [0.25, 0.3) is 0 Å². The Morgan fingerprint density at radius 3 is 2.95 bits per heavy atom. The van der Waals surface area contributed by atoms with Crippen LogP contribution in [0.4, 0.5) is 5.69 Å². The van der Waals surface area contributed by atoms with Crippen molar-refractivity contribution in [2.75, 3.05) is 18.5 Å². The molecule has 2 nitrogen and oxygen atoms in total. The van der Waals surface area contributed by atoms with Gasteiger partial charge in [0.25, 0.3) is 0 Å². The third kappa shape index (κ3) is 3.20. The van der Waals surface area contributed by atoms with Crippen LogP contribution in [0.5, 0.6) is 5.75 Å². The molecule has 3 rings (SSSR count). The number of ether oxygens (including phenoxy) is 1. The summed E-state index contributed by atoms with van der Waals surface area (Å²) in [5, 5.41) is 4.17. The van der Waals surface area contributed by atoms with E-state index in [-0.39, 0.29) is 0 Å². The highest BCUT2D eigenvalue weighted by molar-refractivity contribution is 14.1. The normalized spacial score (nSPS) is 12.9. The van der Waals surface area contributed by atoms with Gasteiger partial charge in [0.05, 0.1) is 17.3 Å². The molecule has 0 atom stereocenters. The van der Waals surface area contributed by atoms with Gasteiger partial charge in [-0.2, -0.15) is 0 Å². The Morgan fingerprint density at radius 1 is 1.20 bits per heavy atom. The van der Waals surface area contributed by atoms with E-state index in [2.05, 4.69) is 52.2 Å². The fourth-order valence-electron chi connectivity index (χ4n) is 2.37. The standard InChI is InChI=1S/C16H15ClINO/c17-14-10-13(18)2-3-15(14)19-7-5-11-1-4-16-12(9-11)6-8-20-16/h1-4,9-10,19H,5-8H2. The lowest BCUT2D eigenvalue weighted by Gasteiger charge is -2.09. The van der Waals surface area contributed by atoms with E-state index in [1.54, 1.807) is 0 Å². The molecule has 1 N–H and O–H groups in total. The molecule has 2 aromatic carbocycles. The first-order chi connectivity index (χ1) is 9.72. The molecule has 1 heterocycles. The summed E-state index contributed by atoms with van der Waals surface area (Å²) in [7, 11) is 0. The van der Waals surface area contributed by atoms with Gasteiger partial charge >= 0.3 is 0 Å². The van der Waals surface area contributed by atoms with E-state index in [0.29, 0.717) is 0 Å². The fraction of sp³-hybridized carbons (Fsp3) is 0.250. The van der Waals surface area contributed by atoms with Gasteiger partial charge in [0.15, 0.2) is 0 Å². The van der Waals surface area contributed by atoms with Gasteiger partial charge in [-0.05, 0) is 64.4 Å². The first-order valence-electron chi connectivity index (χ1n) is 6.66. The van der Waals surface area contributed by atoms with Crippen molar-refractivity contribution in [1.82, 2.24) is 0 Å². The Bertz CT molecular complexity index is 630. The van der Waals surface area contributed by atoms with Crippen LogP contribution in [-0.4, -0.2) is 13.2 Å². The molecule has 0 amide bonds. The van der Waals surface area contributed by atoms with E-state index < -0.39 is 0 Å². The molecule has 1 aliphatic heterocycles. The predicted molar refractivity (Wildman–Crippen MR) is 92.0 cm³/mol. The lowest BCUT2D eigenvalue weighted by Crippen LogP contribution is -2.05. The summed E-state index contributed by atoms with van der Waals surface area (Å²) in [5.41, 5.74) is 3.66. The van der Waals surface area contributed by atoms with Gasteiger partial charge in [0.1, 0.15) is 5.75 Å². The third-order valence-electron chi connectivity index (χ3n) is 3.41. The molecule has 0 bridgehead atoms. The smallest absolute Gasteiger partial charge is 0.122 e. The van der Waals surface area contributed by atoms with Gasteiger partial charge < -0.3 is 10.1 Å². The second-order valence-corrected chi connectivity index (χ2v) is 6.49. The SMILES string of the molecule is Clc1cc(I)ccc1NCCc1ccc2c(c1)CCO2. The lowest BCUT2D eigenvalue weighted by atomic mass is 10.1. The summed E-state index contributed by atoms with van der Waals surface area (Å²) in [6, 6.07) is 12.5. The zero-order valence-corrected chi connectivity index (χ0v) is 13.9. The number of nitrogens with one attached hydrogen (secondary N) is 1. The van der Waals surface area contributed by atoms with Gasteiger partial charge in [-0.25, -0.2) is 0 Å². The summed E-state index contributed by atoms with van der Waals surface area (Å²) >= 11 is 8.47. The molecule has 20 heavy (non-hydrogen) atoms. The quantitative estimate of drug-likeness (QED) is 0.763. The second kappa shape index (κ2) is 6.22. The van der Waals surface area contributed by atoms with Crippen LogP contribution in [-0.2, 0) is 12.8 Å². The van der Waals surface area contributed by atoms with E-state index in [1.165, 1.54) is 11.1 Å². The Balaban J connectivity index is 1.60. The second-order valence-electron chi connectivity index (χ2n) is 4.84. The van der Waals surface area contributed by atoms with Crippen molar-refractivity contribution in [3.05, 3.63) is 56.1 Å². The Kier molecular flexibility index (Phi) is 4.36. The number of hydrogen-bond donors (Lipinski definition) is 1. The van der Waals surface area contributed by atoms with Crippen LogP contribution in [0.1, 0.15) is 11.1 Å². The van der Waals surface area contributed by atoms with E-state index in [9.17, 15) is 0 Å². The lowest BCUT2D eigenvalue weighted by molar-refractivity contribution is 0.357. The highest BCUT2D eigenvalue weighted by atomic mass is 127. The number of fused-ring (bicyclic) bond motifs is 1. The van der Waals surface area contributed by atoms with E-state index in [4.69, 9.17) is 16.3 Å². The summed E-state index contributed by atoms with van der Waals surface area (Å²) in [6.07, 6.45) is 2.01. The minimum Gasteiger partial charge on any atom is -0.493 e. The third-order valence-corrected chi connectivity index (χ3v) is 4.40. The predicted octanol–water partition coefficient (Wildman–Crippen LogP) is 4.53. The van der Waals surface area contributed by atoms with Gasteiger partial charge in [-0.3, -0.25) is 0 Å². The molecule has 0 saturated heterocycles. The van der Waals surface area contributed by atoms with Crippen LogP contribution >= 0.6 is 34.2 Å². The molecule has 0 saturated carbocycles. The van der Waals surface area contributed by atoms with Crippen LogP contribution in [0.15, 0.2) is 36.4 Å². The molecule has 1 aliphatic rings.